The molecule has 4 heterocycles. The Balaban J connectivity index is 0.000000180. The van der Waals surface area contributed by atoms with Crippen LogP contribution >= 0.6 is 0 Å². The van der Waals surface area contributed by atoms with Crippen molar-refractivity contribution in [3.05, 3.63) is 90.3 Å². The number of aromatic nitrogens is 8. The zero-order chi connectivity index (χ0) is 41.6. The van der Waals surface area contributed by atoms with E-state index in [4.69, 9.17) is 33.9 Å². The third kappa shape index (κ3) is 7.74. The van der Waals surface area contributed by atoms with Gasteiger partial charge in [0.1, 0.15) is 58.0 Å². The number of hydrogen-bond acceptors (Lipinski definition) is 17. The summed E-state index contributed by atoms with van der Waals surface area (Å²) in [5.74, 6) is -0.238. The smallest absolute Gasteiger partial charge is 0.341 e. The molecular formula is C40H36N8O11. The molecule has 0 amide bonds. The second-order valence-electron chi connectivity index (χ2n) is 12.3. The fraction of sp³-hybridized carbons (Fsp3) is 0.200. The van der Waals surface area contributed by atoms with E-state index in [1.807, 2.05) is 0 Å². The predicted octanol–water partition coefficient (Wildman–Crippen LogP) is 4.06. The summed E-state index contributed by atoms with van der Waals surface area (Å²) in [4.78, 5) is 35.0. The van der Waals surface area contributed by atoms with E-state index in [0.717, 1.165) is 0 Å². The number of nitrogens with zero attached hydrogens (tertiary/aromatic N) is 8. The van der Waals surface area contributed by atoms with E-state index in [1.165, 1.54) is 36.2 Å². The lowest BCUT2D eigenvalue weighted by Crippen LogP contribution is -2.06. The molecule has 4 aromatic heterocycles. The first kappa shape index (κ1) is 39.6. The van der Waals surface area contributed by atoms with Crippen molar-refractivity contribution in [2.75, 3.05) is 47.3 Å². The monoisotopic (exact) mass is 804 g/mol. The van der Waals surface area contributed by atoms with Crippen LogP contribution in [0.3, 0.4) is 0 Å². The van der Waals surface area contributed by atoms with Crippen molar-refractivity contribution in [3.63, 3.8) is 0 Å². The van der Waals surface area contributed by atoms with E-state index in [0.29, 0.717) is 72.5 Å². The van der Waals surface area contributed by atoms with E-state index in [9.17, 15) is 19.8 Å². The summed E-state index contributed by atoms with van der Waals surface area (Å²) >= 11 is 0. The number of ether oxygens (including phenoxy) is 5. The first-order valence-electron chi connectivity index (χ1n) is 18.0. The number of aliphatic hydroxyl groups excluding tert-OH is 2. The first-order valence-corrected chi connectivity index (χ1v) is 18.0. The second kappa shape index (κ2) is 17.2. The molecule has 0 fully saturated rings. The van der Waals surface area contributed by atoms with E-state index >= 15 is 0 Å². The van der Waals surface area contributed by atoms with E-state index in [-0.39, 0.29) is 55.7 Å². The summed E-state index contributed by atoms with van der Waals surface area (Å²) in [6.45, 7) is 1.84. The van der Waals surface area contributed by atoms with Gasteiger partial charge in [-0.3, -0.25) is 0 Å². The van der Waals surface area contributed by atoms with Crippen LogP contribution in [-0.2, 0) is 9.47 Å². The average Bonchev–Trinajstić information content (AvgIpc) is 3.89. The Morgan fingerprint density at radius 3 is 1.75 bits per heavy atom. The van der Waals surface area contributed by atoms with Crippen molar-refractivity contribution in [3.8, 4) is 40.4 Å². The van der Waals surface area contributed by atoms with Crippen molar-refractivity contribution in [1.82, 2.24) is 40.0 Å². The van der Waals surface area contributed by atoms with Gasteiger partial charge in [0.05, 0.1) is 39.6 Å². The minimum Gasteiger partial charge on any atom is -0.505 e. The highest BCUT2D eigenvalue weighted by Gasteiger charge is 2.21. The molecule has 0 aliphatic rings. The Hall–Kier alpha value is -7.64. The molecule has 4 N–H and O–H groups in total. The molecule has 59 heavy (non-hydrogen) atoms. The summed E-state index contributed by atoms with van der Waals surface area (Å²) in [6.07, 6.45) is 3.00. The van der Waals surface area contributed by atoms with Crippen LogP contribution in [0.1, 0.15) is 27.6 Å². The molecule has 0 aliphatic carbocycles. The lowest BCUT2D eigenvalue weighted by atomic mass is 10.1. The van der Waals surface area contributed by atoms with Crippen LogP contribution in [0.5, 0.6) is 29.0 Å². The molecule has 0 unspecified atom stereocenters. The highest BCUT2D eigenvalue weighted by molar-refractivity contribution is 6.02. The predicted molar refractivity (Wildman–Crippen MR) is 211 cm³/mol. The highest BCUT2D eigenvalue weighted by Crippen LogP contribution is 2.36. The molecule has 0 aliphatic heterocycles. The number of aromatic hydroxyl groups is 2. The lowest BCUT2D eigenvalue weighted by molar-refractivity contribution is 0.0521. The third-order valence-corrected chi connectivity index (χ3v) is 8.82. The second-order valence-corrected chi connectivity index (χ2v) is 12.3. The van der Waals surface area contributed by atoms with Crippen molar-refractivity contribution in [1.29, 1.82) is 0 Å². The van der Waals surface area contributed by atoms with Gasteiger partial charge in [-0.25, -0.2) is 19.6 Å². The summed E-state index contributed by atoms with van der Waals surface area (Å²) in [6, 6.07) is 18.1. The number of carbonyl (C=O) groups is 2. The van der Waals surface area contributed by atoms with Gasteiger partial charge in [-0.2, -0.15) is 0 Å². The quantitative estimate of drug-likeness (QED) is 0.127. The van der Waals surface area contributed by atoms with Crippen molar-refractivity contribution < 1.29 is 53.7 Å². The van der Waals surface area contributed by atoms with Gasteiger partial charge in [0, 0.05) is 40.0 Å². The lowest BCUT2D eigenvalue weighted by Gasteiger charge is -2.10. The van der Waals surface area contributed by atoms with E-state index in [1.54, 1.807) is 73.7 Å². The minimum absolute atomic E-state index is 0.0614. The standard InChI is InChI=1S/C21H20N4O6.C19H16N4O5/c1-3-30-21(28)14-10-15-16(11-18(14)29-2)24-25(23-15)17-5-4-13-12(19(17)27)6-7-22-20(13)31-9-8-26;1-27-19(26)13-3-2-4-14-16(13)22-23(21-14)15-6-5-12-11(17(15)25)7-8-20-18(12)28-10-9-24/h4-7,10-11,26-27H,3,8-9H2,1-2H3;2-8,24-25H,9-10H2,1H3. The Morgan fingerprint density at radius 1 is 0.644 bits per heavy atom. The van der Waals surface area contributed by atoms with Crippen molar-refractivity contribution in [2.45, 2.75) is 6.92 Å². The molecule has 0 atom stereocenters. The van der Waals surface area contributed by atoms with Crippen LogP contribution in [0.25, 0.3) is 55.0 Å². The number of aliphatic hydroxyl groups is 2. The fourth-order valence-electron chi connectivity index (χ4n) is 6.15. The topological polar surface area (TPSA) is 248 Å². The van der Waals surface area contributed by atoms with Gasteiger partial charge >= 0.3 is 11.9 Å². The number of benzene rings is 4. The zero-order valence-corrected chi connectivity index (χ0v) is 31.8. The molecule has 19 heteroatoms. The Kier molecular flexibility index (Phi) is 11.6. The van der Waals surface area contributed by atoms with Gasteiger partial charge < -0.3 is 44.1 Å². The number of esters is 2. The largest absolute Gasteiger partial charge is 0.505 e. The van der Waals surface area contributed by atoms with E-state index < -0.39 is 11.9 Å². The van der Waals surface area contributed by atoms with Crippen LogP contribution in [0.4, 0.5) is 0 Å². The maximum absolute atomic E-state index is 12.2. The summed E-state index contributed by atoms with van der Waals surface area (Å²) in [5.41, 5.74) is 2.97. The molecule has 302 valence electrons. The molecule has 0 radical (unpaired) electrons. The molecular weight excluding hydrogens is 768 g/mol. The average molecular weight is 805 g/mol. The number of methoxy groups -OCH3 is 2. The van der Waals surface area contributed by atoms with Gasteiger partial charge in [-0.05, 0) is 61.5 Å². The summed E-state index contributed by atoms with van der Waals surface area (Å²) in [7, 11) is 2.75. The van der Waals surface area contributed by atoms with Crippen LogP contribution < -0.4 is 14.2 Å². The zero-order valence-electron chi connectivity index (χ0n) is 31.8. The highest BCUT2D eigenvalue weighted by atomic mass is 16.5. The molecule has 0 saturated carbocycles. The Morgan fingerprint density at radius 2 is 1.20 bits per heavy atom. The summed E-state index contributed by atoms with van der Waals surface area (Å²) in [5, 5.41) is 59.2. The Bertz CT molecular complexity index is 2840. The fourth-order valence-corrected chi connectivity index (χ4v) is 6.15. The van der Waals surface area contributed by atoms with E-state index in [2.05, 4.69) is 30.4 Å². The van der Waals surface area contributed by atoms with Crippen molar-refractivity contribution >= 4 is 55.6 Å². The van der Waals surface area contributed by atoms with Gasteiger partial charge in [0.15, 0.2) is 11.5 Å². The van der Waals surface area contributed by atoms with Gasteiger partial charge in [-0.1, -0.05) is 6.07 Å². The van der Waals surface area contributed by atoms with Crippen molar-refractivity contribution in [2.24, 2.45) is 0 Å². The van der Waals surface area contributed by atoms with Crippen LogP contribution in [0.2, 0.25) is 0 Å². The maximum Gasteiger partial charge on any atom is 0.341 e. The van der Waals surface area contributed by atoms with Gasteiger partial charge in [-0.15, -0.1) is 30.0 Å². The normalized spacial score (nSPS) is 11.1. The van der Waals surface area contributed by atoms with Gasteiger partial charge in [0.25, 0.3) is 0 Å². The molecule has 19 nitrogen and oxygen atoms in total. The van der Waals surface area contributed by atoms with Crippen LogP contribution in [-0.4, -0.2) is 120 Å². The Labute approximate surface area is 333 Å². The number of rotatable bonds is 12. The van der Waals surface area contributed by atoms with Gasteiger partial charge in [0.2, 0.25) is 11.8 Å². The molecule has 4 aromatic carbocycles. The minimum atomic E-state index is -0.521. The molecule has 8 rings (SSSR count). The molecule has 8 aromatic rings. The summed E-state index contributed by atoms with van der Waals surface area (Å²) < 4.78 is 26.0. The maximum atomic E-state index is 12.2. The number of fused-ring (bicyclic) bond motifs is 4. The van der Waals surface area contributed by atoms with Crippen LogP contribution in [0, 0.1) is 0 Å². The molecule has 0 bridgehead atoms. The number of carbonyl (C=O) groups excluding carboxylic acids is 2. The number of phenols is 2. The first-order chi connectivity index (χ1) is 28.7. The number of hydrogen-bond donors (Lipinski definition) is 4. The molecule has 0 saturated heterocycles. The third-order valence-electron chi connectivity index (χ3n) is 8.82. The van der Waals surface area contributed by atoms with Crippen LogP contribution in [0.15, 0.2) is 79.1 Å². The molecule has 0 spiro atoms. The number of pyridine rings is 2. The SMILES string of the molecule is CCOC(=O)c1cc2nn(-c3ccc4c(OCCO)nccc4c3O)nc2cc1OC.COC(=O)c1cccc2nn(-c3ccc4c(OCCO)nccc4c3O)nc12. The number of phenolic OH excluding ortho intramolecular Hbond substituents is 2.